The number of carboxylic acid groups (broad SMARTS) is 2. The normalized spacial score (nSPS) is 14.5. The molecule has 0 spiro atoms. The average molecular weight is 551 g/mol. The first kappa shape index (κ1) is 26.8. The Morgan fingerprint density at radius 1 is 0.800 bits per heavy atom. The molecule has 0 aliphatic carbocycles. The van der Waals surface area contributed by atoms with E-state index in [-0.39, 0.29) is 6.79 Å². The summed E-state index contributed by atoms with van der Waals surface area (Å²) in [6, 6.07) is 17.7. The lowest BCUT2D eigenvalue weighted by Gasteiger charge is -2.35. The maximum atomic E-state index is 13.8. The summed E-state index contributed by atoms with van der Waals surface area (Å²) in [4.78, 5) is 22.8. The number of nitrogens with zero attached hydrogens (tertiary/aromatic N) is 4. The molecule has 4 aromatic rings. The van der Waals surface area contributed by atoms with Gasteiger partial charge in [0.05, 0.1) is 0 Å². The Hall–Kier alpha value is -4.84. The summed E-state index contributed by atoms with van der Waals surface area (Å²) in [5, 5.41) is 25.5. The first-order valence-corrected chi connectivity index (χ1v) is 12.3. The van der Waals surface area contributed by atoms with Crippen LogP contribution in [0.3, 0.4) is 0 Å². The van der Waals surface area contributed by atoms with Crippen molar-refractivity contribution in [2.75, 3.05) is 37.9 Å². The van der Waals surface area contributed by atoms with Gasteiger partial charge in [0.25, 0.3) is 0 Å². The third-order valence-electron chi connectivity index (χ3n) is 6.56. The molecule has 0 saturated carbocycles. The summed E-state index contributed by atoms with van der Waals surface area (Å²) >= 11 is 0. The highest BCUT2D eigenvalue weighted by Gasteiger charge is 2.22. The molecule has 3 heterocycles. The quantitative estimate of drug-likeness (QED) is 0.363. The minimum atomic E-state index is -1.82. The molecule has 0 amide bonds. The second-order valence-corrected chi connectivity index (χ2v) is 9.11. The number of piperazine rings is 1. The number of fused-ring (bicyclic) bond motifs is 2. The van der Waals surface area contributed by atoms with Crippen molar-refractivity contribution in [3.05, 3.63) is 77.9 Å². The van der Waals surface area contributed by atoms with Crippen LogP contribution < -0.4 is 14.4 Å². The molecule has 10 nitrogen and oxygen atoms in total. The summed E-state index contributed by atoms with van der Waals surface area (Å²) in [6.07, 6.45) is 0. The van der Waals surface area contributed by atoms with Crippen molar-refractivity contribution in [3.63, 3.8) is 0 Å². The van der Waals surface area contributed by atoms with Crippen molar-refractivity contribution in [3.8, 4) is 22.8 Å². The van der Waals surface area contributed by atoms with E-state index in [1.54, 1.807) is 0 Å². The summed E-state index contributed by atoms with van der Waals surface area (Å²) < 4.78 is 38.2. The van der Waals surface area contributed by atoms with E-state index >= 15 is 0 Å². The van der Waals surface area contributed by atoms with Crippen molar-refractivity contribution in [2.45, 2.75) is 6.54 Å². The van der Waals surface area contributed by atoms with E-state index in [0.717, 1.165) is 66.9 Å². The predicted octanol–water partition coefficient (Wildman–Crippen LogP) is 3.78. The number of aliphatic carboxylic acids is 2. The standard InChI is InChI=1S/C26H22F2N4O2.C2H2O4/c27-21-7-6-18(14-22(21)28)25-19-3-1-2-4-20(19)26(30-29-25)32-11-9-31(10-12-32)15-17-5-8-23-24(13-17)34-16-33-23;3-1(4)2(5)6/h1-8,13-14H,9-12,15-16H2;(H,3,4)(H,5,6). The van der Waals surface area contributed by atoms with Gasteiger partial charge in [-0.05, 0) is 35.9 Å². The number of rotatable bonds is 4. The third kappa shape index (κ3) is 5.76. The number of halogens is 2. The molecule has 2 aliphatic heterocycles. The minimum absolute atomic E-state index is 0.279. The van der Waals surface area contributed by atoms with Gasteiger partial charge in [0.1, 0.15) is 5.69 Å². The highest BCUT2D eigenvalue weighted by Crippen LogP contribution is 2.34. The van der Waals surface area contributed by atoms with E-state index in [9.17, 15) is 8.78 Å². The molecule has 3 aromatic carbocycles. The first-order chi connectivity index (χ1) is 19.3. The lowest BCUT2D eigenvalue weighted by molar-refractivity contribution is -0.159. The van der Waals surface area contributed by atoms with E-state index < -0.39 is 23.6 Å². The molecule has 0 atom stereocenters. The fourth-order valence-electron chi connectivity index (χ4n) is 4.60. The van der Waals surface area contributed by atoms with E-state index in [1.807, 2.05) is 36.4 Å². The van der Waals surface area contributed by atoms with Gasteiger partial charge in [0, 0.05) is 49.1 Å². The monoisotopic (exact) mass is 550 g/mol. The van der Waals surface area contributed by atoms with Crippen LogP contribution in [0.25, 0.3) is 22.0 Å². The fraction of sp³-hybridized carbons (Fsp3) is 0.214. The minimum Gasteiger partial charge on any atom is -0.473 e. The Balaban J connectivity index is 0.000000487. The highest BCUT2D eigenvalue weighted by atomic mass is 19.2. The van der Waals surface area contributed by atoms with Crippen LogP contribution in [0.15, 0.2) is 60.7 Å². The zero-order valence-corrected chi connectivity index (χ0v) is 21.1. The first-order valence-electron chi connectivity index (χ1n) is 12.3. The van der Waals surface area contributed by atoms with Crippen molar-refractivity contribution in [1.82, 2.24) is 15.1 Å². The van der Waals surface area contributed by atoms with Gasteiger partial charge < -0.3 is 24.6 Å². The second kappa shape index (κ2) is 11.5. The van der Waals surface area contributed by atoms with Gasteiger partial charge in [-0.25, -0.2) is 18.4 Å². The summed E-state index contributed by atoms with van der Waals surface area (Å²) in [6.45, 7) is 4.51. The van der Waals surface area contributed by atoms with Crippen LogP contribution in [0.4, 0.5) is 14.6 Å². The Labute approximate surface area is 227 Å². The van der Waals surface area contributed by atoms with Crippen LogP contribution >= 0.6 is 0 Å². The average Bonchev–Trinajstić information content (AvgIpc) is 3.43. The lowest BCUT2D eigenvalue weighted by atomic mass is 10.0. The topological polar surface area (TPSA) is 125 Å². The summed E-state index contributed by atoms with van der Waals surface area (Å²) in [5.74, 6) is -3.01. The molecule has 0 unspecified atom stereocenters. The molecule has 1 aromatic heterocycles. The molecular weight excluding hydrogens is 526 g/mol. The molecule has 6 rings (SSSR count). The van der Waals surface area contributed by atoms with Crippen LogP contribution in [0.5, 0.6) is 11.5 Å². The second-order valence-electron chi connectivity index (χ2n) is 9.11. The molecule has 0 radical (unpaired) electrons. The molecule has 40 heavy (non-hydrogen) atoms. The number of anilines is 1. The number of hydrogen-bond acceptors (Lipinski definition) is 8. The maximum Gasteiger partial charge on any atom is 0.414 e. The zero-order chi connectivity index (χ0) is 28.2. The number of ether oxygens (including phenoxy) is 2. The van der Waals surface area contributed by atoms with Gasteiger partial charge >= 0.3 is 11.9 Å². The van der Waals surface area contributed by atoms with Crippen LogP contribution in [-0.4, -0.2) is 70.2 Å². The lowest BCUT2D eigenvalue weighted by Crippen LogP contribution is -2.46. The molecule has 1 fully saturated rings. The number of hydrogen-bond donors (Lipinski definition) is 2. The predicted molar refractivity (Wildman–Crippen MR) is 140 cm³/mol. The Kier molecular flexibility index (Phi) is 7.69. The van der Waals surface area contributed by atoms with E-state index in [2.05, 4.69) is 26.1 Å². The molecule has 206 valence electrons. The number of aromatic nitrogens is 2. The van der Waals surface area contributed by atoms with Crippen molar-refractivity contribution >= 4 is 28.5 Å². The summed E-state index contributed by atoms with van der Waals surface area (Å²) in [5.41, 5.74) is 2.24. The van der Waals surface area contributed by atoms with Gasteiger partial charge in [-0.2, -0.15) is 0 Å². The summed E-state index contributed by atoms with van der Waals surface area (Å²) in [7, 11) is 0. The van der Waals surface area contributed by atoms with Gasteiger partial charge in [0.15, 0.2) is 29.0 Å². The fourth-order valence-corrected chi connectivity index (χ4v) is 4.60. The molecule has 2 aliphatic rings. The molecular formula is C28H24F2N4O6. The van der Waals surface area contributed by atoms with Crippen LogP contribution in [0.1, 0.15) is 5.56 Å². The molecule has 12 heteroatoms. The van der Waals surface area contributed by atoms with E-state index in [4.69, 9.17) is 29.3 Å². The Morgan fingerprint density at radius 2 is 1.50 bits per heavy atom. The highest BCUT2D eigenvalue weighted by molar-refractivity contribution is 6.27. The van der Waals surface area contributed by atoms with Crippen molar-refractivity contribution in [1.29, 1.82) is 0 Å². The number of benzene rings is 3. The van der Waals surface area contributed by atoms with Gasteiger partial charge in [0.2, 0.25) is 6.79 Å². The maximum absolute atomic E-state index is 13.8. The van der Waals surface area contributed by atoms with Gasteiger partial charge in [-0.1, -0.05) is 30.3 Å². The van der Waals surface area contributed by atoms with Crippen LogP contribution in [0, 0.1) is 11.6 Å². The van der Waals surface area contributed by atoms with Crippen LogP contribution in [0.2, 0.25) is 0 Å². The molecule has 2 N–H and O–H groups in total. The molecule has 0 bridgehead atoms. The van der Waals surface area contributed by atoms with Crippen molar-refractivity contribution in [2.24, 2.45) is 0 Å². The smallest absolute Gasteiger partial charge is 0.414 e. The number of carboxylic acids is 2. The zero-order valence-electron chi connectivity index (χ0n) is 21.1. The van der Waals surface area contributed by atoms with E-state index in [1.165, 1.54) is 17.7 Å². The molecule has 1 saturated heterocycles. The Bertz CT molecular complexity index is 1560. The largest absolute Gasteiger partial charge is 0.473 e. The Morgan fingerprint density at radius 3 is 2.20 bits per heavy atom. The third-order valence-corrected chi connectivity index (χ3v) is 6.56. The van der Waals surface area contributed by atoms with Crippen LogP contribution in [-0.2, 0) is 16.1 Å². The van der Waals surface area contributed by atoms with Gasteiger partial charge in [-0.3, -0.25) is 4.90 Å². The van der Waals surface area contributed by atoms with E-state index in [0.29, 0.717) is 11.3 Å². The van der Waals surface area contributed by atoms with Crippen molar-refractivity contribution < 1.29 is 38.1 Å². The van der Waals surface area contributed by atoms with Gasteiger partial charge in [-0.15, -0.1) is 10.2 Å². The number of carbonyl (C=O) groups is 2. The SMILES string of the molecule is Fc1ccc(-c2nnc(N3CCN(Cc4ccc5c(c4)OCO5)CC3)c3ccccc23)cc1F.O=C(O)C(=O)O.